The van der Waals surface area contributed by atoms with Gasteiger partial charge in [0.05, 0.1) is 29.8 Å². The number of nitrogens with zero attached hydrogens (tertiary/aromatic N) is 2. The van der Waals surface area contributed by atoms with E-state index < -0.39 is 0 Å². The van der Waals surface area contributed by atoms with Crippen molar-refractivity contribution < 1.29 is 0 Å². The van der Waals surface area contributed by atoms with Gasteiger partial charge >= 0.3 is 0 Å². The van der Waals surface area contributed by atoms with Crippen LogP contribution in [0, 0.1) is 0 Å². The van der Waals surface area contributed by atoms with Crippen LogP contribution in [0.15, 0.2) is 48.8 Å². The predicted molar refractivity (Wildman–Crippen MR) is 118 cm³/mol. The molecule has 0 aliphatic heterocycles. The maximum absolute atomic E-state index is 6.09. The van der Waals surface area contributed by atoms with Crippen molar-refractivity contribution in [2.75, 3.05) is 5.32 Å². The van der Waals surface area contributed by atoms with Gasteiger partial charge in [-0.1, -0.05) is 81.2 Å². The van der Waals surface area contributed by atoms with Gasteiger partial charge in [-0.2, -0.15) is 0 Å². The molecule has 2 aromatic heterocycles. The lowest BCUT2D eigenvalue weighted by Gasteiger charge is -2.00. The van der Waals surface area contributed by atoms with Crippen molar-refractivity contribution in [2.45, 2.75) is 0 Å². The first kappa shape index (κ1) is 19.0. The molecule has 3 nitrogen and oxygen atoms in total. The van der Waals surface area contributed by atoms with E-state index in [1.54, 1.807) is 24.5 Å². The molecule has 0 atom stereocenters. The van der Waals surface area contributed by atoms with Crippen molar-refractivity contribution in [3.05, 3.63) is 68.9 Å². The quantitative estimate of drug-likeness (QED) is 0.324. The van der Waals surface area contributed by atoms with Crippen LogP contribution in [-0.2, 0) is 0 Å². The number of nitrogens with one attached hydrogen (secondary N) is 1. The molecule has 0 bridgehead atoms. The Kier molecular flexibility index (Phi) is 5.60. The van der Waals surface area contributed by atoms with E-state index in [1.165, 1.54) is 22.7 Å². The first-order valence-electron chi connectivity index (χ1n) is 7.59. The smallest absolute Gasteiger partial charge is 0.189 e. The van der Waals surface area contributed by atoms with Gasteiger partial charge < -0.3 is 5.32 Å². The summed E-state index contributed by atoms with van der Waals surface area (Å²) in [5.74, 6) is 0. The van der Waals surface area contributed by atoms with Crippen LogP contribution in [0.5, 0.6) is 0 Å². The second-order valence-corrected chi connectivity index (χ2v) is 9.13. The number of benzene rings is 2. The van der Waals surface area contributed by atoms with E-state index >= 15 is 0 Å². The first-order chi connectivity index (χ1) is 13.0. The number of thiazole rings is 2. The molecule has 136 valence electrons. The highest BCUT2D eigenvalue weighted by atomic mass is 35.5. The van der Waals surface area contributed by atoms with E-state index in [9.17, 15) is 0 Å². The zero-order valence-corrected chi connectivity index (χ0v) is 18.0. The van der Waals surface area contributed by atoms with Crippen LogP contribution >= 0.6 is 69.1 Å². The third-order valence-corrected chi connectivity index (χ3v) is 7.04. The molecule has 0 amide bonds. The highest BCUT2D eigenvalue weighted by molar-refractivity contribution is 7.21. The van der Waals surface area contributed by atoms with Crippen molar-refractivity contribution in [3.63, 3.8) is 0 Å². The van der Waals surface area contributed by atoms with Crippen LogP contribution in [0.4, 0.5) is 10.3 Å². The second kappa shape index (κ2) is 7.95. The summed E-state index contributed by atoms with van der Waals surface area (Å²) in [5.41, 5.74) is 1.93. The van der Waals surface area contributed by atoms with E-state index in [4.69, 9.17) is 46.4 Å². The zero-order chi connectivity index (χ0) is 19.0. The Hall–Kier alpha value is -1.34. The zero-order valence-electron chi connectivity index (χ0n) is 13.3. The number of hydrogen-bond acceptors (Lipinski definition) is 5. The largest absolute Gasteiger partial charge is 0.307 e. The summed E-state index contributed by atoms with van der Waals surface area (Å²) in [6.07, 6.45) is 3.58. The summed E-state index contributed by atoms with van der Waals surface area (Å²) in [7, 11) is 0. The Morgan fingerprint density at radius 1 is 0.630 bits per heavy atom. The van der Waals surface area contributed by atoms with E-state index in [-0.39, 0.29) is 0 Å². The fourth-order valence-corrected chi connectivity index (χ4v) is 4.61. The Bertz CT molecular complexity index is 1040. The standard InChI is InChI=1S/C18H9Cl4N3S2/c19-11-3-1-9(5-13(11)21)15-7-23-17(26-15)25-18-24-8-16(27-18)10-2-4-12(20)14(22)6-10/h1-8H,(H,23,24,25). The Morgan fingerprint density at radius 2 is 1.07 bits per heavy atom. The van der Waals surface area contributed by atoms with Gasteiger partial charge in [0.15, 0.2) is 10.3 Å². The van der Waals surface area contributed by atoms with E-state index in [0.29, 0.717) is 20.1 Å². The lowest BCUT2D eigenvalue weighted by atomic mass is 10.2. The minimum atomic E-state index is 0.517. The van der Waals surface area contributed by atoms with Gasteiger partial charge in [0.25, 0.3) is 0 Å². The topological polar surface area (TPSA) is 37.8 Å². The molecule has 0 spiro atoms. The minimum absolute atomic E-state index is 0.517. The highest BCUT2D eigenvalue weighted by Crippen LogP contribution is 2.37. The summed E-state index contributed by atoms with van der Waals surface area (Å²) in [4.78, 5) is 10.8. The van der Waals surface area contributed by atoms with Gasteiger partial charge in [-0.3, -0.25) is 0 Å². The van der Waals surface area contributed by atoms with Gasteiger partial charge in [-0.25, -0.2) is 9.97 Å². The molecule has 2 heterocycles. The Morgan fingerprint density at radius 3 is 1.48 bits per heavy atom. The monoisotopic (exact) mass is 471 g/mol. The maximum Gasteiger partial charge on any atom is 0.189 e. The van der Waals surface area contributed by atoms with Gasteiger partial charge in [0, 0.05) is 12.4 Å². The summed E-state index contributed by atoms with van der Waals surface area (Å²) >= 11 is 27.1. The van der Waals surface area contributed by atoms with Gasteiger partial charge in [-0.15, -0.1) is 0 Å². The lowest BCUT2D eigenvalue weighted by molar-refractivity contribution is 1.35. The molecule has 9 heteroatoms. The van der Waals surface area contributed by atoms with Crippen LogP contribution in [0.3, 0.4) is 0 Å². The van der Waals surface area contributed by atoms with Crippen LogP contribution < -0.4 is 5.32 Å². The van der Waals surface area contributed by atoms with Crippen LogP contribution in [0.1, 0.15) is 0 Å². The van der Waals surface area contributed by atoms with E-state index in [1.807, 2.05) is 24.3 Å². The second-order valence-electron chi connectivity index (χ2n) is 5.44. The average molecular weight is 473 g/mol. The average Bonchev–Trinajstić information content (AvgIpc) is 3.30. The fraction of sp³-hybridized carbons (Fsp3) is 0. The number of halogens is 4. The number of hydrogen-bond donors (Lipinski definition) is 1. The minimum Gasteiger partial charge on any atom is -0.307 e. The highest BCUT2D eigenvalue weighted by Gasteiger charge is 2.10. The van der Waals surface area contributed by atoms with Crippen molar-refractivity contribution in [1.82, 2.24) is 9.97 Å². The molecule has 4 rings (SSSR count). The number of aromatic nitrogens is 2. The molecule has 0 saturated carbocycles. The molecule has 0 radical (unpaired) electrons. The molecule has 0 saturated heterocycles. The molecule has 0 unspecified atom stereocenters. The van der Waals surface area contributed by atoms with Crippen LogP contribution in [-0.4, -0.2) is 9.97 Å². The Labute approximate surface area is 183 Å². The molecular formula is C18H9Cl4N3S2. The molecule has 2 aromatic carbocycles. The van der Waals surface area contributed by atoms with Crippen molar-refractivity contribution in [2.24, 2.45) is 0 Å². The number of rotatable bonds is 4. The summed E-state index contributed by atoms with van der Waals surface area (Å²) in [6, 6.07) is 11.0. The molecule has 27 heavy (non-hydrogen) atoms. The summed E-state index contributed by atoms with van der Waals surface area (Å²) in [5, 5.41) is 6.81. The van der Waals surface area contributed by atoms with Crippen molar-refractivity contribution in [1.29, 1.82) is 0 Å². The van der Waals surface area contributed by atoms with Gasteiger partial charge in [-0.05, 0) is 35.4 Å². The molecule has 1 N–H and O–H groups in total. The molecular weight excluding hydrogens is 464 g/mol. The molecule has 4 aromatic rings. The molecule has 0 aliphatic rings. The van der Waals surface area contributed by atoms with Crippen LogP contribution in [0.25, 0.3) is 20.9 Å². The lowest BCUT2D eigenvalue weighted by Crippen LogP contribution is -1.86. The SMILES string of the molecule is Clc1ccc(-c2cnc(Nc3ncc(-c4ccc(Cl)c(Cl)c4)s3)s2)cc1Cl. The third kappa shape index (κ3) is 4.24. The maximum atomic E-state index is 6.09. The Balaban J connectivity index is 1.53. The van der Waals surface area contributed by atoms with Gasteiger partial charge in [0.2, 0.25) is 0 Å². The first-order valence-corrected chi connectivity index (χ1v) is 10.7. The van der Waals surface area contributed by atoms with E-state index in [2.05, 4.69) is 15.3 Å². The third-order valence-electron chi connectivity index (χ3n) is 3.63. The molecule has 0 aliphatic carbocycles. The normalized spacial score (nSPS) is 11.0. The molecule has 0 fully saturated rings. The van der Waals surface area contributed by atoms with Crippen molar-refractivity contribution in [3.8, 4) is 20.9 Å². The fourth-order valence-electron chi connectivity index (χ4n) is 2.32. The number of anilines is 2. The predicted octanol–water partition coefficient (Wildman–Crippen LogP) is 8.29. The van der Waals surface area contributed by atoms with Crippen molar-refractivity contribution >= 4 is 79.3 Å². The summed E-state index contributed by atoms with van der Waals surface area (Å²) in [6.45, 7) is 0. The summed E-state index contributed by atoms with van der Waals surface area (Å²) < 4.78 is 0. The van der Waals surface area contributed by atoms with E-state index in [0.717, 1.165) is 31.1 Å². The van der Waals surface area contributed by atoms with Gasteiger partial charge in [0.1, 0.15) is 0 Å². The van der Waals surface area contributed by atoms with Crippen LogP contribution in [0.2, 0.25) is 20.1 Å².